The summed E-state index contributed by atoms with van der Waals surface area (Å²) >= 11 is 0. The topological polar surface area (TPSA) is 154 Å². The number of aromatic nitrogens is 6. The number of rotatable bonds is 15. The number of aryl methyl sites for hydroxylation is 2. The molecule has 2 aliphatic rings. The fraction of sp³-hybridized carbons (Fsp3) is 0.318. The number of benzene rings is 2. The van der Waals surface area contributed by atoms with Crippen molar-refractivity contribution in [3.05, 3.63) is 144 Å². The predicted molar refractivity (Wildman–Crippen MR) is 230 cm³/mol. The van der Waals surface area contributed by atoms with Crippen LogP contribution in [0.1, 0.15) is 47.4 Å². The van der Waals surface area contributed by atoms with E-state index in [0.717, 1.165) is 59.6 Å². The number of amides is 2. The molecule has 0 bridgehead atoms. The fourth-order valence-corrected chi connectivity index (χ4v) is 10.2. The molecule has 0 spiro atoms. The van der Waals surface area contributed by atoms with E-state index in [2.05, 4.69) is 46.4 Å². The predicted octanol–water partition coefficient (Wildman–Crippen LogP) is 5.97. The molecule has 2 aliphatic heterocycles. The summed E-state index contributed by atoms with van der Waals surface area (Å²) in [6.45, 7) is 2.23. The highest BCUT2D eigenvalue weighted by molar-refractivity contribution is 8.76. The molecule has 0 radical (unpaired) electrons. The van der Waals surface area contributed by atoms with Crippen LogP contribution in [0.5, 0.6) is 0 Å². The Labute approximate surface area is 346 Å². The average molecular weight is 813 g/mol. The van der Waals surface area contributed by atoms with Gasteiger partial charge >= 0.3 is 0 Å². The first kappa shape index (κ1) is 39.5. The first-order valence-corrected chi connectivity index (χ1v) is 22.3. The lowest BCUT2D eigenvalue weighted by molar-refractivity contribution is -0.136. The Kier molecular flexibility index (Phi) is 12.6. The molecule has 14 heteroatoms. The lowest BCUT2D eigenvalue weighted by Crippen LogP contribution is -2.50. The van der Waals surface area contributed by atoms with Crippen LogP contribution in [0.15, 0.2) is 122 Å². The van der Waals surface area contributed by atoms with Gasteiger partial charge in [-0.1, -0.05) is 82.3 Å². The Morgan fingerprint density at radius 1 is 0.586 bits per heavy atom. The number of nitrogens with zero attached hydrogens (tertiary/aromatic N) is 8. The van der Waals surface area contributed by atoms with Gasteiger partial charge in [0.1, 0.15) is 0 Å². The maximum absolute atomic E-state index is 14.1. The summed E-state index contributed by atoms with van der Waals surface area (Å²) in [4.78, 5) is 40.4. The Morgan fingerprint density at radius 2 is 0.983 bits per heavy atom. The van der Waals surface area contributed by atoms with Gasteiger partial charge in [0.15, 0.2) is 0 Å². The quantitative estimate of drug-likeness (QED) is 0.0937. The molecule has 2 unspecified atom stereocenters. The van der Waals surface area contributed by atoms with Crippen molar-refractivity contribution in [1.82, 2.24) is 39.3 Å². The third kappa shape index (κ3) is 9.05. The summed E-state index contributed by atoms with van der Waals surface area (Å²) in [5.41, 5.74) is 21.5. The molecule has 6 heterocycles. The molecule has 2 amide bonds. The van der Waals surface area contributed by atoms with Gasteiger partial charge in [-0.15, -0.1) is 0 Å². The lowest BCUT2D eigenvalue weighted by atomic mass is 9.98. The third-order valence-corrected chi connectivity index (χ3v) is 13.5. The summed E-state index contributed by atoms with van der Waals surface area (Å²) in [5, 5.41) is 9.81. The van der Waals surface area contributed by atoms with Crippen LogP contribution in [0.25, 0.3) is 22.5 Å². The van der Waals surface area contributed by atoms with Crippen molar-refractivity contribution in [3.8, 4) is 22.5 Å². The molecular formula is C44H48N10O2S2. The molecule has 0 saturated heterocycles. The second-order valence-electron chi connectivity index (χ2n) is 14.8. The van der Waals surface area contributed by atoms with Crippen LogP contribution in [0, 0.1) is 0 Å². The molecule has 58 heavy (non-hydrogen) atoms. The van der Waals surface area contributed by atoms with Crippen molar-refractivity contribution in [2.45, 2.75) is 62.9 Å². The van der Waals surface area contributed by atoms with Gasteiger partial charge in [-0.05, 0) is 73.2 Å². The molecule has 4 aromatic heterocycles. The van der Waals surface area contributed by atoms with Crippen molar-refractivity contribution in [3.63, 3.8) is 0 Å². The molecule has 0 aliphatic carbocycles. The number of hydrogen-bond acceptors (Lipinski definition) is 10. The molecule has 6 aromatic rings. The van der Waals surface area contributed by atoms with Crippen LogP contribution in [0.4, 0.5) is 0 Å². The zero-order valence-electron chi connectivity index (χ0n) is 32.3. The zero-order chi connectivity index (χ0) is 39.8. The number of hydrogen-bond donors (Lipinski definition) is 2. The number of fused-ring (bicyclic) bond motifs is 2. The van der Waals surface area contributed by atoms with Gasteiger partial charge in [-0.2, -0.15) is 10.2 Å². The van der Waals surface area contributed by atoms with Crippen LogP contribution in [0.2, 0.25) is 0 Å². The zero-order valence-corrected chi connectivity index (χ0v) is 33.9. The summed E-state index contributed by atoms with van der Waals surface area (Å²) < 4.78 is 4.07. The average Bonchev–Trinajstić information content (AvgIpc) is 3.92. The van der Waals surface area contributed by atoms with E-state index >= 15 is 0 Å². The van der Waals surface area contributed by atoms with Gasteiger partial charge in [0, 0.05) is 60.5 Å². The van der Waals surface area contributed by atoms with Crippen molar-refractivity contribution in [2.24, 2.45) is 11.5 Å². The number of pyridine rings is 2. The van der Waals surface area contributed by atoms with Crippen molar-refractivity contribution in [1.29, 1.82) is 0 Å². The van der Waals surface area contributed by atoms with E-state index in [1.807, 2.05) is 79.8 Å². The molecule has 8 rings (SSSR count). The number of carbonyl (C=O) groups is 2. The van der Waals surface area contributed by atoms with E-state index in [1.54, 1.807) is 24.8 Å². The molecule has 298 valence electrons. The van der Waals surface area contributed by atoms with E-state index < -0.39 is 12.1 Å². The first-order chi connectivity index (χ1) is 28.4. The number of carbonyl (C=O) groups excluding carboxylic acids is 2. The molecule has 0 saturated carbocycles. The molecule has 0 fully saturated rings. The van der Waals surface area contributed by atoms with Crippen LogP contribution in [0.3, 0.4) is 0 Å². The summed E-state index contributed by atoms with van der Waals surface area (Å²) in [6.07, 6.45) is 10.2. The highest BCUT2D eigenvalue weighted by atomic mass is 33.1. The van der Waals surface area contributed by atoms with E-state index in [0.29, 0.717) is 37.7 Å². The van der Waals surface area contributed by atoms with Gasteiger partial charge in [0.2, 0.25) is 11.8 Å². The highest BCUT2D eigenvalue weighted by Crippen LogP contribution is 2.36. The monoisotopic (exact) mass is 812 g/mol. The van der Waals surface area contributed by atoms with E-state index in [9.17, 15) is 9.59 Å². The van der Waals surface area contributed by atoms with Crippen LogP contribution >= 0.6 is 21.6 Å². The van der Waals surface area contributed by atoms with Gasteiger partial charge in [-0.3, -0.25) is 28.9 Å². The summed E-state index contributed by atoms with van der Waals surface area (Å²) in [7, 11) is 2.99. The summed E-state index contributed by atoms with van der Waals surface area (Å²) in [6, 6.07) is 30.9. The van der Waals surface area contributed by atoms with Crippen molar-refractivity contribution in [2.75, 3.05) is 24.6 Å². The van der Waals surface area contributed by atoms with Gasteiger partial charge in [-0.25, -0.2) is 0 Å². The van der Waals surface area contributed by atoms with E-state index in [-0.39, 0.29) is 23.9 Å². The second-order valence-corrected chi connectivity index (χ2v) is 17.3. The van der Waals surface area contributed by atoms with Gasteiger partial charge in [0.05, 0.1) is 60.0 Å². The minimum absolute atomic E-state index is 0.0817. The maximum atomic E-state index is 14.1. The van der Waals surface area contributed by atoms with Crippen LogP contribution < -0.4 is 11.5 Å². The minimum atomic E-state index is -0.711. The molecule has 4 N–H and O–H groups in total. The molecule has 12 nitrogen and oxygen atoms in total. The maximum Gasteiger partial charge on any atom is 0.241 e. The van der Waals surface area contributed by atoms with Gasteiger partial charge < -0.3 is 21.3 Å². The lowest BCUT2D eigenvalue weighted by Gasteiger charge is -2.38. The third-order valence-electron chi connectivity index (χ3n) is 11.0. The Hall–Kier alpha value is -5.28. The van der Waals surface area contributed by atoms with Gasteiger partial charge in [0.25, 0.3) is 0 Å². The van der Waals surface area contributed by atoms with E-state index in [1.165, 1.54) is 32.7 Å². The largest absolute Gasteiger partial charge is 0.331 e. The second kappa shape index (κ2) is 18.5. The van der Waals surface area contributed by atoms with Crippen molar-refractivity contribution < 1.29 is 9.59 Å². The standard InChI is InChI=1S/C44H48N10O2S2/c45-35(43(55)51-23-25-53-41(27-37(49-53)33-15-19-47-20-16-33)39(51)13-11-31-7-3-1-4-8-31)29-57-58-30-36(46)44(56)52-24-26-54-42(28-38(50-54)34-17-21-48-22-18-34)40(52)14-12-32-9-5-2-6-10-32/h1-10,15-22,27-28,35-36,39-40H,11-14,23-26,29-30,45-46H2/t35-,36-,39?,40?/m0/s1. The Morgan fingerprint density at radius 3 is 1.38 bits per heavy atom. The fourth-order valence-electron chi connectivity index (χ4n) is 7.96. The minimum Gasteiger partial charge on any atom is -0.331 e. The first-order valence-electron chi connectivity index (χ1n) is 19.8. The summed E-state index contributed by atoms with van der Waals surface area (Å²) in [5.74, 6) is 0.631. The number of nitrogens with two attached hydrogens (primary N) is 2. The molecular weight excluding hydrogens is 765 g/mol. The van der Waals surface area contributed by atoms with Crippen LogP contribution in [-0.4, -0.2) is 87.8 Å². The molecule has 4 atom stereocenters. The SMILES string of the molecule is N[C@@H](CSSC[C@H](N)C(=O)N1CCn2nc(-c3ccncc3)cc2C1CCc1ccccc1)C(=O)N1CCn2nc(-c3ccncc3)cc2C1CCc1ccccc1. The molecule has 2 aromatic carbocycles. The van der Waals surface area contributed by atoms with Crippen molar-refractivity contribution >= 4 is 33.4 Å². The van der Waals surface area contributed by atoms with E-state index in [4.69, 9.17) is 21.7 Å². The Bertz CT molecular complexity index is 2110. The van der Waals surface area contributed by atoms with Crippen LogP contribution in [-0.2, 0) is 35.5 Å². The highest BCUT2D eigenvalue weighted by Gasteiger charge is 2.36. The smallest absolute Gasteiger partial charge is 0.241 e. The Balaban J connectivity index is 0.898. The normalized spacial score (nSPS) is 17.3.